The zero-order valence-corrected chi connectivity index (χ0v) is 18.2. The number of carbonyl (C=O) groups excluding carboxylic acids is 1. The van der Waals surface area contributed by atoms with Crippen molar-refractivity contribution in [2.24, 2.45) is 5.92 Å². The fourth-order valence-electron chi connectivity index (χ4n) is 3.43. The number of hydrogen-bond acceptors (Lipinski definition) is 5. The van der Waals surface area contributed by atoms with Gasteiger partial charge in [-0.1, -0.05) is 49.2 Å². The number of hydrogen-bond donors (Lipinski definition) is 1. The second-order valence-electron chi connectivity index (χ2n) is 7.27. The van der Waals surface area contributed by atoms with E-state index in [0.29, 0.717) is 40.0 Å². The molecule has 1 amide bonds. The van der Waals surface area contributed by atoms with Gasteiger partial charge in [-0.3, -0.25) is 9.36 Å². The Morgan fingerprint density at radius 3 is 2.83 bits per heavy atom. The van der Waals surface area contributed by atoms with Gasteiger partial charge < -0.3 is 10.1 Å². The Bertz CT molecular complexity index is 825. The summed E-state index contributed by atoms with van der Waals surface area (Å²) in [6, 6.07) is 7.45. The number of thioether (sulfide) groups is 1. The van der Waals surface area contributed by atoms with Gasteiger partial charge in [0.1, 0.15) is 12.4 Å². The monoisotopic (exact) mass is 434 g/mol. The van der Waals surface area contributed by atoms with Crippen molar-refractivity contribution in [1.82, 2.24) is 20.1 Å². The van der Waals surface area contributed by atoms with E-state index in [9.17, 15) is 4.79 Å². The molecule has 0 spiro atoms. The minimum absolute atomic E-state index is 0.0425. The average molecular weight is 435 g/mol. The van der Waals surface area contributed by atoms with Crippen LogP contribution in [0.1, 0.15) is 38.4 Å². The first-order valence-corrected chi connectivity index (χ1v) is 11.3. The molecule has 1 aliphatic rings. The molecule has 156 valence electrons. The summed E-state index contributed by atoms with van der Waals surface area (Å²) in [5.41, 5.74) is 0. The van der Waals surface area contributed by atoms with Gasteiger partial charge in [-0.25, -0.2) is 0 Å². The van der Waals surface area contributed by atoms with E-state index in [-0.39, 0.29) is 18.6 Å². The number of amides is 1. The van der Waals surface area contributed by atoms with E-state index in [1.54, 1.807) is 18.2 Å². The third-order valence-corrected chi connectivity index (χ3v) is 6.30. The van der Waals surface area contributed by atoms with Crippen molar-refractivity contribution in [2.45, 2.75) is 57.0 Å². The topological polar surface area (TPSA) is 69.0 Å². The summed E-state index contributed by atoms with van der Waals surface area (Å²) in [4.78, 5) is 12.4. The number of halogens is 1. The van der Waals surface area contributed by atoms with Gasteiger partial charge in [-0.15, -0.1) is 16.8 Å². The molecule has 2 atom stereocenters. The van der Waals surface area contributed by atoms with Gasteiger partial charge in [0.25, 0.3) is 0 Å². The lowest BCUT2D eigenvalue weighted by Gasteiger charge is -2.29. The Morgan fingerprint density at radius 2 is 2.10 bits per heavy atom. The molecule has 0 bridgehead atoms. The van der Waals surface area contributed by atoms with Gasteiger partial charge in [0, 0.05) is 17.6 Å². The van der Waals surface area contributed by atoms with Crippen LogP contribution in [-0.2, 0) is 17.9 Å². The summed E-state index contributed by atoms with van der Waals surface area (Å²) in [6.07, 6.45) is 6.48. The standard InChI is InChI=1S/C21H27ClN4O2S/c1-3-12-26-19(13-28-17-10-8-16(22)9-11-17)24-25-21(26)29-14-20(27)23-18-7-5-4-6-15(18)2/h3,8-11,15,18H,1,4-7,12-14H2,2H3,(H,23,27). The molecule has 29 heavy (non-hydrogen) atoms. The predicted molar refractivity (Wildman–Crippen MR) is 116 cm³/mol. The first kappa shape index (κ1) is 21.7. The normalized spacial score (nSPS) is 19.0. The second kappa shape index (κ2) is 10.7. The minimum Gasteiger partial charge on any atom is -0.486 e. The van der Waals surface area contributed by atoms with E-state index in [0.717, 1.165) is 6.42 Å². The van der Waals surface area contributed by atoms with Crippen LogP contribution >= 0.6 is 23.4 Å². The Balaban J connectivity index is 1.56. The SMILES string of the molecule is C=CCn1c(COc2ccc(Cl)cc2)nnc1SCC(=O)NC1CCCCC1C. The highest BCUT2D eigenvalue weighted by molar-refractivity contribution is 7.99. The molecule has 6 nitrogen and oxygen atoms in total. The fourth-order valence-corrected chi connectivity index (χ4v) is 4.34. The number of carbonyl (C=O) groups is 1. The summed E-state index contributed by atoms with van der Waals surface area (Å²) in [5.74, 6) is 2.29. The zero-order valence-electron chi connectivity index (χ0n) is 16.6. The summed E-state index contributed by atoms with van der Waals surface area (Å²) in [7, 11) is 0. The molecule has 1 fully saturated rings. The van der Waals surface area contributed by atoms with E-state index in [1.807, 2.05) is 16.7 Å². The smallest absolute Gasteiger partial charge is 0.230 e. The number of nitrogens with one attached hydrogen (secondary N) is 1. The molecule has 0 aliphatic heterocycles. The number of ether oxygens (including phenoxy) is 1. The molecule has 1 N–H and O–H groups in total. The largest absolute Gasteiger partial charge is 0.486 e. The van der Waals surface area contributed by atoms with E-state index >= 15 is 0 Å². The number of benzene rings is 1. The van der Waals surface area contributed by atoms with E-state index in [1.165, 1.54) is 31.0 Å². The summed E-state index contributed by atoms with van der Waals surface area (Å²) < 4.78 is 7.70. The summed E-state index contributed by atoms with van der Waals surface area (Å²) in [5, 5.41) is 13.0. The Morgan fingerprint density at radius 1 is 1.34 bits per heavy atom. The maximum atomic E-state index is 12.4. The third-order valence-electron chi connectivity index (χ3n) is 5.08. The first-order chi connectivity index (χ1) is 14.1. The van der Waals surface area contributed by atoms with Crippen molar-refractivity contribution < 1.29 is 9.53 Å². The van der Waals surface area contributed by atoms with Crippen LogP contribution in [0.4, 0.5) is 0 Å². The molecule has 8 heteroatoms. The molecule has 1 saturated carbocycles. The molecule has 1 aromatic carbocycles. The Kier molecular flexibility index (Phi) is 8.00. The average Bonchev–Trinajstić information content (AvgIpc) is 3.10. The van der Waals surface area contributed by atoms with Gasteiger partial charge in [0.2, 0.25) is 5.91 Å². The number of aromatic nitrogens is 3. The van der Waals surface area contributed by atoms with Crippen molar-refractivity contribution in [3.05, 3.63) is 47.8 Å². The van der Waals surface area contributed by atoms with Crippen molar-refractivity contribution >= 4 is 29.3 Å². The van der Waals surface area contributed by atoms with Crippen LogP contribution in [0, 0.1) is 5.92 Å². The Hall–Kier alpha value is -1.99. The van der Waals surface area contributed by atoms with Crippen LogP contribution in [0.25, 0.3) is 0 Å². The lowest BCUT2D eigenvalue weighted by Crippen LogP contribution is -2.41. The molecular formula is C21H27ClN4O2S. The minimum atomic E-state index is 0.0425. The first-order valence-electron chi connectivity index (χ1n) is 9.90. The lowest BCUT2D eigenvalue weighted by molar-refractivity contribution is -0.119. The van der Waals surface area contributed by atoms with Crippen molar-refractivity contribution in [2.75, 3.05) is 5.75 Å². The highest BCUT2D eigenvalue weighted by Crippen LogP contribution is 2.24. The summed E-state index contributed by atoms with van der Waals surface area (Å²) in [6.45, 7) is 6.84. The molecule has 2 unspecified atom stereocenters. The molecule has 1 aliphatic carbocycles. The molecule has 1 heterocycles. The number of rotatable bonds is 9. The highest BCUT2D eigenvalue weighted by atomic mass is 35.5. The van der Waals surface area contributed by atoms with E-state index < -0.39 is 0 Å². The van der Waals surface area contributed by atoms with Crippen LogP contribution in [-0.4, -0.2) is 32.5 Å². The number of nitrogens with zero attached hydrogens (tertiary/aromatic N) is 3. The van der Waals surface area contributed by atoms with Crippen LogP contribution in [0.15, 0.2) is 42.1 Å². The van der Waals surface area contributed by atoms with Crippen LogP contribution in [0.2, 0.25) is 5.02 Å². The maximum Gasteiger partial charge on any atom is 0.230 e. The maximum absolute atomic E-state index is 12.4. The van der Waals surface area contributed by atoms with E-state index in [4.69, 9.17) is 16.3 Å². The zero-order chi connectivity index (χ0) is 20.6. The summed E-state index contributed by atoms with van der Waals surface area (Å²) >= 11 is 7.29. The van der Waals surface area contributed by atoms with E-state index in [2.05, 4.69) is 29.0 Å². The molecule has 1 aromatic heterocycles. The van der Waals surface area contributed by atoms with Crippen molar-refractivity contribution in [3.63, 3.8) is 0 Å². The molecule has 3 rings (SSSR count). The Labute approximate surface area is 181 Å². The molecular weight excluding hydrogens is 408 g/mol. The quantitative estimate of drug-likeness (QED) is 0.465. The fraction of sp³-hybridized carbons (Fsp3) is 0.476. The lowest BCUT2D eigenvalue weighted by atomic mass is 9.86. The van der Waals surface area contributed by atoms with Crippen LogP contribution in [0.3, 0.4) is 0 Å². The second-order valence-corrected chi connectivity index (χ2v) is 8.64. The predicted octanol–water partition coefficient (Wildman–Crippen LogP) is 4.48. The van der Waals surface area contributed by atoms with Gasteiger partial charge in [-0.05, 0) is 43.0 Å². The van der Waals surface area contributed by atoms with Gasteiger partial charge >= 0.3 is 0 Å². The number of allylic oxidation sites excluding steroid dienone is 1. The van der Waals surface area contributed by atoms with Gasteiger partial charge in [-0.2, -0.15) is 0 Å². The van der Waals surface area contributed by atoms with Gasteiger partial charge in [0.05, 0.1) is 5.75 Å². The third kappa shape index (κ3) is 6.24. The molecule has 2 aromatic rings. The van der Waals surface area contributed by atoms with Crippen LogP contribution < -0.4 is 10.1 Å². The van der Waals surface area contributed by atoms with Crippen molar-refractivity contribution in [3.8, 4) is 5.75 Å². The highest BCUT2D eigenvalue weighted by Gasteiger charge is 2.23. The van der Waals surface area contributed by atoms with Crippen LogP contribution in [0.5, 0.6) is 5.75 Å². The van der Waals surface area contributed by atoms with Gasteiger partial charge in [0.15, 0.2) is 11.0 Å². The molecule has 0 radical (unpaired) electrons. The molecule has 0 saturated heterocycles. The van der Waals surface area contributed by atoms with Crippen molar-refractivity contribution in [1.29, 1.82) is 0 Å².